The molecule has 2 saturated heterocycles. The van der Waals surface area contributed by atoms with Crippen LogP contribution in [0.1, 0.15) is 42.8 Å². The monoisotopic (exact) mass is 350 g/mol. The molecule has 0 N–H and O–H groups in total. The van der Waals surface area contributed by atoms with Crippen LogP contribution in [-0.4, -0.2) is 49.4 Å². The predicted octanol–water partition coefficient (Wildman–Crippen LogP) is 3.50. The number of piperidine rings is 1. The maximum absolute atomic E-state index is 6.05. The van der Waals surface area contributed by atoms with E-state index in [1.54, 1.807) is 11.3 Å². The average Bonchev–Trinajstić information content (AvgIpc) is 3.33. The van der Waals surface area contributed by atoms with Gasteiger partial charge in [-0.3, -0.25) is 4.90 Å². The highest BCUT2D eigenvalue weighted by Gasteiger charge is 2.43. The standard InChI is InChI=1S/C19H30N2O2S/c1-15-14-24-18(20-15)10-21-7-4-19(5-8-21)6-9-22-12-17(19)13-23-11-16-2-3-16/h14,16-17H,2-13H2,1H3. The Morgan fingerprint density at radius 1 is 1.29 bits per heavy atom. The molecule has 0 amide bonds. The molecule has 4 nitrogen and oxygen atoms in total. The van der Waals surface area contributed by atoms with E-state index in [-0.39, 0.29) is 0 Å². The molecule has 0 bridgehead atoms. The Morgan fingerprint density at radius 3 is 2.83 bits per heavy atom. The largest absolute Gasteiger partial charge is 0.381 e. The topological polar surface area (TPSA) is 34.6 Å². The Hall–Kier alpha value is -0.490. The van der Waals surface area contributed by atoms with Crippen LogP contribution in [0.15, 0.2) is 5.38 Å². The van der Waals surface area contributed by atoms with Crippen molar-refractivity contribution >= 4 is 11.3 Å². The highest BCUT2D eigenvalue weighted by molar-refractivity contribution is 7.09. The van der Waals surface area contributed by atoms with Crippen molar-refractivity contribution in [1.29, 1.82) is 0 Å². The van der Waals surface area contributed by atoms with E-state index in [9.17, 15) is 0 Å². The van der Waals surface area contributed by atoms with Gasteiger partial charge in [-0.1, -0.05) is 0 Å². The van der Waals surface area contributed by atoms with Gasteiger partial charge in [0.05, 0.1) is 19.8 Å². The zero-order valence-electron chi connectivity index (χ0n) is 14.8. The van der Waals surface area contributed by atoms with E-state index in [4.69, 9.17) is 9.47 Å². The van der Waals surface area contributed by atoms with E-state index in [0.717, 1.165) is 44.6 Å². The summed E-state index contributed by atoms with van der Waals surface area (Å²) in [6.07, 6.45) is 6.54. The van der Waals surface area contributed by atoms with E-state index in [1.165, 1.54) is 50.2 Å². The maximum Gasteiger partial charge on any atom is 0.107 e. The fraction of sp³-hybridized carbons (Fsp3) is 0.842. The van der Waals surface area contributed by atoms with Crippen LogP contribution in [0.4, 0.5) is 0 Å². The molecule has 0 radical (unpaired) electrons. The number of likely N-dealkylation sites (tertiary alicyclic amines) is 1. The number of nitrogens with zero attached hydrogens (tertiary/aromatic N) is 2. The van der Waals surface area contributed by atoms with Crippen molar-refractivity contribution in [2.24, 2.45) is 17.3 Å². The third-order valence-corrected chi connectivity index (χ3v) is 7.13. The molecule has 0 aromatic carbocycles. The summed E-state index contributed by atoms with van der Waals surface area (Å²) >= 11 is 1.80. The van der Waals surface area contributed by atoms with Gasteiger partial charge in [0.25, 0.3) is 0 Å². The van der Waals surface area contributed by atoms with Crippen LogP contribution in [0, 0.1) is 24.2 Å². The summed E-state index contributed by atoms with van der Waals surface area (Å²) in [6.45, 7) is 9.20. The minimum atomic E-state index is 0.455. The Kier molecular flexibility index (Phi) is 5.23. The Bertz CT molecular complexity index is 535. The highest BCUT2D eigenvalue weighted by Crippen LogP contribution is 2.45. The van der Waals surface area contributed by atoms with Gasteiger partial charge in [0.2, 0.25) is 0 Å². The summed E-state index contributed by atoms with van der Waals surface area (Å²) in [5, 5.41) is 3.42. The lowest BCUT2D eigenvalue weighted by atomic mass is 9.66. The number of aryl methyl sites for hydroxylation is 1. The van der Waals surface area contributed by atoms with Gasteiger partial charge in [-0.05, 0) is 63.5 Å². The fourth-order valence-corrected chi connectivity index (χ4v) is 5.06. The first kappa shape index (κ1) is 17.0. The van der Waals surface area contributed by atoms with Crippen LogP contribution in [0.2, 0.25) is 0 Å². The molecule has 134 valence electrons. The van der Waals surface area contributed by atoms with Crippen molar-refractivity contribution in [3.05, 3.63) is 16.1 Å². The zero-order chi connectivity index (χ0) is 16.4. The smallest absolute Gasteiger partial charge is 0.107 e. The van der Waals surface area contributed by atoms with E-state index >= 15 is 0 Å². The van der Waals surface area contributed by atoms with Gasteiger partial charge < -0.3 is 9.47 Å². The number of hydrogen-bond donors (Lipinski definition) is 0. The van der Waals surface area contributed by atoms with Crippen LogP contribution in [0.3, 0.4) is 0 Å². The van der Waals surface area contributed by atoms with Crippen LogP contribution < -0.4 is 0 Å². The van der Waals surface area contributed by atoms with E-state index in [1.807, 2.05) is 0 Å². The molecule has 1 aromatic rings. The zero-order valence-corrected chi connectivity index (χ0v) is 15.7. The lowest BCUT2D eigenvalue weighted by Crippen LogP contribution is -2.49. The van der Waals surface area contributed by atoms with Crippen molar-refractivity contribution < 1.29 is 9.47 Å². The first-order valence-electron chi connectivity index (χ1n) is 9.52. The van der Waals surface area contributed by atoms with Gasteiger partial charge in [-0.25, -0.2) is 4.98 Å². The molecule has 5 heteroatoms. The van der Waals surface area contributed by atoms with Crippen LogP contribution >= 0.6 is 11.3 Å². The number of aromatic nitrogens is 1. The van der Waals surface area contributed by atoms with E-state index < -0.39 is 0 Å². The van der Waals surface area contributed by atoms with Gasteiger partial charge in [0.1, 0.15) is 5.01 Å². The van der Waals surface area contributed by atoms with E-state index in [2.05, 4.69) is 22.2 Å². The average molecular weight is 351 g/mol. The molecule has 1 atom stereocenters. The molecular formula is C19H30N2O2S. The molecule has 3 fully saturated rings. The maximum atomic E-state index is 6.05. The van der Waals surface area contributed by atoms with Gasteiger partial charge in [-0.2, -0.15) is 0 Å². The molecule has 1 unspecified atom stereocenters. The summed E-state index contributed by atoms with van der Waals surface area (Å²) in [6, 6.07) is 0. The lowest BCUT2D eigenvalue weighted by molar-refractivity contribution is -0.101. The minimum absolute atomic E-state index is 0.455. The minimum Gasteiger partial charge on any atom is -0.381 e. The van der Waals surface area contributed by atoms with Crippen molar-refractivity contribution in [3.63, 3.8) is 0 Å². The van der Waals surface area contributed by atoms with Crippen LogP contribution in [-0.2, 0) is 16.0 Å². The number of ether oxygens (including phenoxy) is 2. The van der Waals surface area contributed by atoms with Crippen molar-refractivity contribution in [2.75, 3.05) is 39.5 Å². The van der Waals surface area contributed by atoms with Gasteiger partial charge in [0, 0.05) is 30.2 Å². The molecule has 1 aromatic heterocycles. The second kappa shape index (κ2) is 7.40. The van der Waals surface area contributed by atoms with Crippen LogP contribution in [0.25, 0.3) is 0 Å². The third kappa shape index (κ3) is 4.01. The highest BCUT2D eigenvalue weighted by atomic mass is 32.1. The van der Waals surface area contributed by atoms with Gasteiger partial charge in [-0.15, -0.1) is 11.3 Å². The molecule has 3 heterocycles. The molecule has 1 aliphatic carbocycles. The molecule has 1 spiro atoms. The summed E-state index contributed by atoms with van der Waals surface area (Å²) in [7, 11) is 0. The molecule has 3 aliphatic rings. The summed E-state index contributed by atoms with van der Waals surface area (Å²) in [5.41, 5.74) is 1.61. The summed E-state index contributed by atoms with van der Waals surface area (Å²) < 4.78 is 11.9. The molecule has 4 rings (SSSR count). The normalized spacial score (nSPS) is 27.6. The second-order valence-electron chi connectivity index (χ2n) is 8.02. The predicted molar refractivity (Wildman–Crippen MR) is 96.3 cm³/mol. The van der Waals surface area contributed by atoms with E-state index in [0.29, 0.717) is 11.3 Å². The Morgan fingerprint density at radius 2 is 2.12 bits per heavy atom. The number of thiazole rings is 1. The summed E-state index contributed by atoms with van der Waals surface area (Å²) in [5.74, 6) is 1.45. The fourth-order valence-electron chi connectivity index (χ4n) is 4.25. The Balaban J connectivity index is 1.30. The molecule has 1 saturated carbocycles. The van der Waals surface area contributed by atoms with Gasteiger partial charge in [0.15, 0.2) is 0 Å². The first-order chi connectivity index (χ1) is 11.7. The Labute approximate surface area is 149 Å². The van der Waals surface area contributed by atoms with Crippen molar-refractivity contribution in [3.8, 4) is 0 Å². The quantitative estimate of drug-likeness (QED) is 0.786. The summed E-state index contributed by atoms with van der Waals surface area (Å²) in [4.78, 5) is 7.21. The lowest BCUT2D eigenvalue weighted by Gasteiger charge is -2.49. The third-order valence-electron chi connectivity index (χ3n) is 6.18. The van der Waals surface area contributed by atoms with Crippen LogP contribution in [0.5, 0.6) is 0 Å². The molecule has 24 heavy (non-hydrogen) atoms. The van der Waals surface area contributed by atoms with Crippen molar-refractivity contribution in [2.45, 2.75) is 45.6 Å². The number of hydrogen-bond acceptors (Lipinski definition) is 5. The molecule has 2 aliphatic heterocycles. The van der Waals surface area contributed by atoms with Gasteiger partial charge >= 0.3 is 0 Å². The number of rotatable bonds is 6. The molecular weight excluding hydrogens is 320 g/mol. The first-order valence-corrected chi connectivity index (χ1v) is 10.4. The SMILES string of the molecule is Cc1csc(CN2CCC3(CCOCC3COCC3CC3)CC2)n1. The second-order valence-corrected chi connectivity index (χ2v) is 8.97. The van der Waals surface area contributed by atoms with Crippen molar-refractivity contribution in [1.82, 2.24) is 9.88 Å².